The van der Waals surface area contributed by atoms with Crippen molar-refractivity contribution in [2.45, 2.75) is 13.8 Å². The number of ether oxygens (including phenoxy) is 1. The van der Waals surface area contributed by atoms with E-state index in [9.17, 15) is 4.79 Å². The first-order chi connectivity index (χ1) is 4.57. The summed E-state index contributed by atoms with van der Waals surface area (Å²) in [5.41, 5.74) is 0. The van der Waals surface area contributed by atoms with E-state index in [2.05, 4.69) is 4.74 Å². The summed E-state index contributed by atoms with van der Waals surface area (Å²) in [6.07, 6.45) is 1.87. The number of rotatable bonds is 2. The molecule has 0 rings (SSSR count). The number of allylic oxidation sites excluding steroid dienone is 1. The molecule has 3 heteroatoms. The molecule has 0 aromatic carbocycles. The number of hydrogen-bond acceptors (Lipinski definition) is 2. The highest BCUT2D eigenvalue weighted by Gasteiger charge is 2.04. The summed E-state index contributed by atoms with van der Waals surface area (Å²) in [6.45, 7) is 4.03. The van der Waals surface area contributed by atoms with Crippen LogP contribution >= 0.6 is 22.6 Å². The summed E-state index contributed by atoms with van der Waals surface area (Å²) in [5, 5.41) is 0. The smallest absolute Gasteiger partial charge is 0.343 e. The van der Waals surface area contributed by atoms with E-state index in [4.69, 9.17) is 0 Å². The Morgan fingerprint density at radius 3 is 2.40 bits per heavy atom. The lowest BCUT2D eigenvalue weighted by Crippen LogP contribution is -2.00. The van der Waals surface area contributed by atoms with Gasteiger partial charge in [-0.1, -0.05) is 19.9 Å². The van der Waals surface area contributed by atoms with Gasteiger partial charge in [0.25, 0.3) is 0 Å². The molecule has 2 nitrogen and oxygen atoms in total. The first-order valence-corrected chi connectivity index (χ1v) is 4.11. The number of carbonyl (C=O) groups excluding carboxylic acids is 1. The molecule has 0 saturated carbocycles. The van der Waals surface area contributed by atoms with Gasteiger partial charge < -0.3 is 4.74 Å². The van der Waals surface area contributed by atoms with E-state index < -0.39 is 0 Å². The Hall–Kier alpha value is -0.0600. The third-order valence-electron chi connectivity index (χ3n) is 0.860. The normalized spacial score (nSPS) is 11.9. The lowest BCUT2D eigenvalue weighted by molar-refractivity contribution is -0.135. The predicted octanol–water partition coefficient (Wildman–Crippen LogP) is 2.13. The summed E-state index contributed by atoms with van der Waals surface area (Å²) in [6, 6.07) is 0. The summed E-state index contributed by atoms with van der Waals surface area (Å²) in [7, 11) is 1.38. The Morgan fingerprint density at radius 1 is 1.60 bits per heavy atom. The van der Waals surface area contributed by atoms with Gasteiger partial charge in [-0.05, 0) is 28.5 Å². The van der Waals surface area contributed by atoms with Crippen molar-refractivity contribution in [2.75, 3.05) is 7.11 Å². The van der Waals surface area contributed by atoms with Crippen LogP contribution < -0.4 is 0 Å². The Kier molecular flexibility index (Phi) is 4.68. The third kappa shape index (κ3) is 3.87. The molecule has 0 N–H and O–H groups in total. The second-order valence-electron chi connectivity index (χ2n) is 2.25. The molecular weight excluding hydrogens is 243 g/mol. The molecule has 0 saturated heterocycles. The molecule has 0 heterocycles. The molecule has 0 fully saturated rings. The molecule has 0 radical (unpaired) electrons. The second kappa shape index (κ2) is 4.71. The largest absolute Gasteiger partial charge is 0.465 e. The van der Waals surface area contributed by atoms with Gasteiger partial charge >= 0.3 is 5.97 Å². The molecule has 0 spiro atoms. The van der Waals surface area contributed by atoms with Crippen LogP contribution in [0.1, 0.15) is 13.8 Å². The van der Waals surface area contributed by atoms with Crippen LogP contribution in [0.3, 0.4) is 0 Å². The minimum atomic E-state index is -0.255. The highest BCUT2D eigenvalue weighted by Crippen LogP contribution is 2.11. The van der Waals surface area contributed by atoms with Crippen molar-refractivity contribution < 1.29 is 9.53 Å². The van der Waals surface area contributed by atoms with Crippen LogP contribution in [0.15, 0.2) is 9.66 Å². The Labute approximate surface area is 74.8 Å². The van der Waals surface area contributed by atoms with Gasteiger partial charge in [-0.3, -0.25) is 0 Å². The molecule has 0 aromatic heterocycles. The molecule has 0 aliphatic heterocycles. The number of halogens is 1. The standard InChI is InChI=1S/C7H11IO2/c1-5(2)4-6(8)7(9)10-3/h4-5H,1-3H3. The summed E-state index contributed by atoms with van der Waals surface area (Å²) in [5.74, 6) is 0.139. The van der Waals surface area contributed by atoms with Crippen molar-refractivity contribution >= 4 is 28.6 Å². The molecule has 0 aliphatic carbocycles. The van der Waals surface area contributed by atoms with Gasteiger partial charge in [0.05, 0.1) is 10.7 Å². The van der Waals surface area contributed by atoms with Gasteiger partial charge in [0.15, 0.2) is 0 Å². The zero-order valence-electron chi connectivity index (χ0n) is 6.35. The zero-order chi connectivity index (χ0) is 8.15. The van der Waals surface area contributed by atoms with E-state index in [-0.39, 0.29) is 5.97 Å². The Bertz CT molecular complexity index is 150. The number of esters is 1. The quantitative estimate of drug-likeness (QED) is 0.428. The summed E-state index contributed by atoms with van der Waals surface area (Å²) in [4.78, 5) is 10.7. The lowest BCUT2D eigenvalue weighted by atomic mass is 10.2. The summed E-state index contributed by atoms with van der Waals surface area (Å²) < 4.78 is 5.15. The van der Waals surface area contributed by atoms with E-state index >= 15 is 0 Å². The van der Waals surface area contributed by atoms with Crippen molar-refractivity contribution in [2.24, 2.45) is 5.92 Å². The molecule has 10 heavy (non-hydrogen) atoms. The average Bonchev–Trinajstić information content (AvgIpc) is 1.85. The fraction of sp³-hybridized carbons (Fsp3) is 0.571. The fourth-order valence-electron chi connectivity index (χ4n) is 0.458. The summed E-state index contributed by atoms with van der Waals surface area (Å²) >= 11 is 1.97. The molecular formula is C7H11IO2. The van der Waals surface area contributed by atoms with E-state index in [1.54, 1.807) is 0 Å². The molecule has 0 aliphatic rings. The van der Waals surface area contributed by atoms with Crippen LogP contribution in [0.25, 0.3) is 0 Å². The maximum Gasteiger partial charge on any atom is 0.343 e. The van der Waals surface area contributed by atoms with Crippen molar-refractivity contribution in [3.8, 4) is 0 Å². The molecule has 0 unspecified atom stereocenters. The number of carbonyl (C=O) groups is 1. The molecule has 0 bridgehead atoms. The third-order valence-corrected chi connectivity index (χ3v) is 1.66. The van der Waals surface area contributed by atoms with Gasteiger partial charge in [-0.15, -0.1) is 0 Å². The second-order valence-corrected chi connectivity index (χ2v) is 3.41. The fourth-order valence-corrected chi connectivity index (χ4v) is 1.40. The average molecular weight is 254 g/mol. The first-order valence-electron chi connectivity index (χ1n) is 3.03. The molecule has 58 valence electrons. The number of methoxy groups -OCH3 is 1. The Balaban J connectivity index is 4.05. The van der Waals surface area contributed by atoms with E-state index in [0.29, 0.717) is 9.50 Å². The van der Waals surface area contributed by atoms with Gasteiger partial charge in [-0.2, -0.15) is 0 Å². The topological polar surface area (TPSA) is 26.3 Å². The van der Waals surface area contributed by atoms with Gasteiger partial charge in [0, 0.05) is 0 Å². The van der Waals surface area contributed by atoms with Crippen LogP contribution in [0.4, 0.5) is 0 Å². The molecule has 0 aromatic rings. The minimum Gasteiger partial charge on any atom is -0.465 e. The minimum absolute atomic E-state index is 0.255. The maximum atomic E-state index is 10.7. The van der Waals surface area contributed by atoms with E-state index in [1.165, 1.54) is 7.11 Å². The molecule has 0 atom stereocenters. The lowest BCUT2D eigenvalue weighted by Gasteiger charge is -1.98. The van der Waals surface area contributed by atoms with Crippen molar-refractivity contribution in [3.05, 3.63) is 9.66 Å². The van der Waals surface area contributed by atoms with Gasteiger partial charge in [0.1, 0.15) is 0 Å². The van der Waals surface area contributed by atoms with E-state index in [1.807, 2.05) is 42.5 Å². The van der Waals surface area contributed by atoms with Crippen LogP contribution in [-0.4, -0.2) is 13.1 Å². The van der Waals surface area contributed by atoms with Crippen LogP contribution in [-0.2, 0) is 9.53 Å². The first kappa shape index (κ1) is 9.94. The monoisotopic (exact) mass is 254 g/mol. The highest BCUT2D eigenvalue weighted by atomic mass is 127. The van der Waals surface area contributed by atoms with Crippen LogP contribution in [0.2, 0.25) is 0 Å². The molecule has 0 amide bonds. The van der Waals surface area contributed by atoms with Gasteiger partial charge in [-0.25, -0.2) is 4.79 Å². The maximum absolute atomic E-state index is 10.7. The predicted molar refractivity (Wildman–Crippen MR) is 49.0 cm³/mol. The zero-order valence-corrected chi connectivity index (χ0v) is 8.51. The van der Waals surface area contributed by atoms with Crippen molar-refractivity contribution in [3.63, 3.8) is 0 Å². The van der Waals surface area contributed by atoms with Crippen molar-refractivity contribution in [1.29, 1.82) is 0 Å². The Morgan fingerprint density at radius 2 is 2.10 bits per heavy atom. The SMILES string of the molecule is COC(=O)C(I)=CC(C)C. The van der Waals surface area contributed by atoms with Crippen LogP contribution in [0.5, 0.6) is 0 Å². The van der Waals surface area contributed by atoms with Crippen LogP contribution in [0, 0.1) is 5.92 Å². The number of hydrogen-bond donors (Lipinski definition) is 0. The van der Waals surface area contributed by atoms with Crippen molar-refractivity contribution in [1.82, 2.24) is 0 Å². The highest BCUT2D eigenvalue weighted by molar-refractivity contribution is 14.1. The van der Waals surface area contributed by atoms with E-state index in [0.717, 1.165) is 0 Å². The van der Waals surface area contributed by atoms with Gasteiger partial charge in [0.2, 0.25) is 0 Å².